The van der Waals surface area contributed by atoms with Gasteiger partial charge in [-0.05, 0) is 41.1 Å². The van der Waals surface area contributed by atoms with E-state index in [2.05, 4.69) is 51.8 Å². The zero-order valence-corrected chi connectivity index (χ0v) is 8.21. The predicted molar refractivity (Wildman–Crippen MR) is 53.5 cm³/mol. The van der Waals surface area contributed by atoms with E-state index in [9.17, 15) is 0 Å². The topological polar surface area (TPSA) is 28.7 Å². The van der Waals surface area contributed by atoms with E-state index < -0.39 is 0 Å². The summed E-state index contributed by atoms with van der Waals surface area (Å²) in [5.74, 6) is 0. The van der Waals surface area contributed by atoms with Gasteiger partial charge in [0, 0.05) is 8.96 Å². The molecule has 0 aliphatic rings. The molecule has 0 amide bonds. The number of hydrogen-bond donors (Lipinski definition) is 1. The third-order valence-electron chi connectivity index (χ3n) is 1.75. The molecule has 1 N–H and O–H groups in total. The van der Waals surface area contributed by atoms with Gasteiger partial charge in [0.05, 0.1) is 11.7 Å². The number of aryl methyl sites for hydroxylation is 1. The van der Waals surface area contributed by atoms with Gasteiger partial charge in [-0.3, -0.25) is 5.10 Å². The van der Waals surface area contributed by atoms with Crippen LogP contribution in [0.1, 0.15) is 5.56 Å². The molecule has 2 rings (SSSR count). The maximum atomic E-state index is 3.97. The zero-order valence-electron chi connectivity index (χ0n) is 6.06. The minimum absolute atomic E-state index is 1.11. The third kappa shape index (κ3) is 1.03. The molecule has 0 bridgehead atoms. The fourth-order valence-electron chi connectivity index (χ4n) is 1.09. The quantitative estimate of drug-likeness (QED) is 0.722. The Hall–Kier alpha value is -0.580. The highest BCUT2D eigenvalue weighted by atomic mass is 127. The second kappa shape index (κ2) is 2.48. The summed E-state index contributed by atoms with van der Waals surface area (Å²) in [6.45, 7) is 2.11. The van der Waals surface area contributed by atoms with Crippen LogP contribution < -0.4 is 0 Å². The third-order valence-corrected chi connectivity index (χ3v) is 3.18. The predicted octanol–water partition coefficient (Wildman–Crippen LogP) is 2.48. The van der Waals surface area contributed by atoms with Crippen molar-refractivity contribution in [3.05, 3.63) is 27.5 Å². The Morgan fingerprint density at radius 1 is 1.45 bits per heavy atom. The summed E-state index contributed by atoms with van der Waals surface area (Å²) in [6, 6.07) is 4.15. The Kier molecular flexibility index (Phi) is 1.60. The molecule has 1 aromatic carbocycles. The number of aromatic nitrogens is 2. The average Bonchev–Trinajstić information content (AvgIpc) is 2.45. The Balaban J connectivity index is 2.93. The van der Waals surface area contributed by atoms with Gasteiger partial charge >= 0.3 is 0 Å². The van der Waals surface area contributed by atoms with Crippen LogP contribution in [0.5, 0.6) is 0 Å². The molecular weight excluding hydrogens is 251 g/mol. The summed E-state index contributed by atoms with van der Waals surface area (Å²) in [5, 5.41) is 8.12. The number of hydrogen-bond acceptors (Lipinski definition) is 1. The van der Waals surface area contributed by atoms with Crippen LogP contribution in [0.25, 0.3) is 10.9 Å². The first-order valence-corrected chi connectivity index (χ1v) is 4.45. The Labute approximate surface area is 78.1 Å². The molecule has 2 nitrogen and oxygen atoms in total. The largest absolute Gasteiger partial charge is 0.278 e. The molecule has 1 aromatic heterocycles. The van der Waals surface area contributed by atoms with E-state index in [1.54, 1.807) is 0 Å². The zero-order chi connectivity index (χ0) is 7.84. The van der Waals surface area contributed by atoms with Crippen molar-refractivity contribution in [3.63, 3.8) is 0 Å². The fourth-order valence-corrected chi connectivity index (χ4v) is 1.70. The SMILES string of the molecule is Cc1ccc2[nH]ncc2c1I. The van der Waals surface area contributed by atoms with Crippen LogP contribution in [0.2, 0.25) is 0 Å². The van der Waals surface area contributed by atoms with Crippen LogP contribution in [0.15, 0.2) is 18.3 Å². The van der Waals surface area contributed by atoms with Crippen molar-refractivity contribution in [1.29, 1.82) is 0 Å². The van der Waals surface area contributed by atoms with Gasteiger partial charge in [0.2, 0.25) is 0 Å². The lowest BCUT2D eigenvalue weighted by atomic mass is 10.2. The van der Waals surface area contributed by atoms with Crippen LogP contribution in [0, 0.1) is 10.5 Å². The van der Waals surface area contributed by atoms with E-state index in [1.807, 2.05) is 6.20 Å². The summed E-state index contributed by atoms with van der Waals surface area (Å²) in [6.07, 6.45) is 1.87. The second-order valence-corrected chi connectivity index (χ2v) is 3.61. The molecule has 3 heteroatoms. The van der Waals surface area contributed by atoms with Crippen LogP contribution in [0.4, 0.5) is 0 Å². The van der Waals surface area contributed by atoms with E-state index in [0.717, 1.165) is 5.52 Å². The number of benzene rings is 1. The molecular formula is C8H7IN2. The van der Waals surface area contributed by atoms with Gasteiger partial charge in [0.25, 0.3) is 0 Å². The van der Waals surface area contributed by atoms with E-state index in [1.165, 1.54) is 14.5 Å². The summed E-state index contributed by atoms with van der Waals surface area (Å²) >= 11 is 2.34. The number of rotatable bonds is 0. The van der Waals surface area contributed by atoms with Crippen molar-refractivity contribution in [1.82, 2.24) is 10.2 Å². The number of H-pyrrole nitrogens is 1. The average molecular weight is 258 g/mol. The lowest BCUT2D eigenvalue weighted by Crippen LogP contribution is -1.79. The van der Waals surface area contributed by atoms with Gasteiger partial charge in [-0.1, -0.05) is 6.07 Å². The number of fused-ring (bicyclic) bond motifs is 1. The molecule has 0 saturated heterocycles. The Bertz CT molecular complexity index is 392. The Morgan fingerprint density at radius 2 is 2.27 bits per heavy atom. The smallest absolute Gasteiger partial charge is 0.0661 e. The molecule has 0 fully saturated rings. The van der Waals surface area contributed by atoms with Crippen LogP contribution >= 0.6 is 22.6 Å². The molecule has 2 aromatic rings. The maximum absolute atomic E-state index is 3.97. The maximum Gasteiger partial charge on any atom is 0.0661 e. The minimum atomic E-state index is 1.11. The fraction of sp³-hybridized carbons (Fsp3) is 0.125. The monoisotopic (exact) mass is 258 g/mol. The van der Waals surface area contributed by atoms with Gasteiger partial charge in [-0.15, -0.1) is 0 Å². The van der Waals surface area contributed by atoms with Gasteiger partial charge in [0.15, 0.2) is 0 Å². The van der Waals surface area contributed by atoms with Crippen molar-refractivity contribution >= 4 is 33.5 Å². The summed E-state index contributed by atoms with van der Waals surface area (Å²) in [7, 11) is 0. The van der Waals surface area contributed by atoms with Crippen LogP contribution in [0.3, 0.4) is 0 Å². The van der Waals surface area contributed by atoms with E-state index in [0.29, 0.717) is 0 Å². The van der Waals surface area contributed by atoms with Crippen molar-refractivity contribution in [2.45, 2.75) is 6.92 Å². The van der Waals surface area contributed by atoms with Crippen molar-refractivity contribution < 1.29 is 0 Å². The molecule has 56 valence electrons. The highest BCUT2D eigenvalue weighted by Gasteiger charge is 2.01. The van der Waals surface area contributed by atoms with Crippen LogP contribution in [-0.4, -0.2) is 10.2 Å². The van der Waals surface area contributed by atoms with Crippen molar-refractivity contribution in [3.8, 4) is 0 Å². The molecule has 1 heterocycles. The lowest BCUT2D eigenvalue weighted by Gasteiger charge is -1.96. The standard InChI is InChI=1S/C8H7IN2/c1-5-2-3-7-6(8(5)9)4-10-11-7/h2-4H,1H3,(H,10,11). The first-order valence-electron chi connectivity index (χ1n) is 3.37. The molecule has 0 aliphatic carbocycles. The molecule has 0 radical (unpaired) electrons. The Morgan fingerprint density at radius 3 is 3.09 bits per heavy atom. The van der Waals surface area contributed by atoms with Crippen LogP contribution in [-0.2, 0) is 0 Å². The number of aromatic amines is 1. The lowest BCUT2D eigenvalue weighted by molar-refractivity contribution is 1.12. The van der Waals surface area contributed by atoms with E-state index in [4.69, 9.17) is 0 Å². The summed E-state index contributed by atoms with van der Waals surface area (Å²) in [5.41, 5.74) is 2.42. The van der Waals surface area contributed by atoms with E-state index >= 15 is 0 Å². The molecule has 0 atom stereocenters. The molecule has 0 aliphatic heterocycles. The normalized spacial score (nSPS) is 10.7. The van der Waals surface area contributed by atoms with Crippen molar-refractivity contribution in [2.24, 2.45) is 0 Å². The molecule has 0 saturated carbocycles. The van der Waals surface area contributed by atoms with Gasteiger partial charge < -0.3 is 0 Å². The first kappa shape index (κ1) is 7.09. The highest BCUT2D eigenvalue weighted by Crippen LogP contribution is 2.21. The first-order chi connectivity index (χ1) is 5.29. The van der Waals surface area contributed by atoms with Gasteiger partial charge in [0.1, 0.15) is 0 Å². The minimum Gasteiger partial charge on any atom is -0.278 e. The summed E-state index contributed by atoms with van der Waals surface area (Å²) in [4.78, 5) is 0. The van der Waals surface area contributed by atoms with E-state index in [-0.39, 0.29) is 0 Å². The number of halogens is 1. The molecule has 11 heavy (non-hydrogen) atoms. The van der Waals surface area contributed by atoms with Crippen molar-refractivity contribution in [2.75, 3.05) is 0 Å². The number of nitrogens with one attached hydrogen (secondary N) is 1. The second-order valence-electron chi connectivity index (χ2n) is 2.53. The number of nitrogens with zero attached hydrogens (tertiary/aromatic N) is 1. The molecule has 0 unspecified atom stereocenters. The molecule has 0 spiro atoms. The van der Waals surface area contributed by atoms with Gasteiger partial charge in [-0.25, -0.2) is 0 Å². The highest BCUT2D eigenvalue weighted by molar-refractivity contribution is 14.1. The summed E-state index contributed by atoms with van der Waals surface area (Å²) < 4.78 is 1.29. The van der Waals surface area contributed by atoms with Gasteiger partial charge in [-0.2, -0.15) is 5.10 Å².